The molecule has 102 valence electrons. The monoisotopic (exact) mass is 291 g/mol. The van der Waals surface area contributed by atoms with Crippen LogP contribution in [0.1, 0.15) is 11.1 Å². The third kappa shape index (κ3) is 2.34. The van der Waals surface area contributed by atoms with Crippen LogP contribution >= 0.6 is 11.3 Å². The molecule has 2 aromatic heterocycles. The lowest BCUT2D eigenvalue weighted by Crippen LogP contribution is -2.04. The van der Waals surface area contributed by atoms with Crippen LogP contribution in [0.2, 0.25) is 0 Å². The molecule has 0 bridgehead atoms. The van der Waals surface area contributed by atoms with Gasteiger partial charge in [-0.2, -0.15) is 0 Å². The third-order valence-electron chi connectivity index (χ3n) is 2.98. The van der Waals surface area contributed by atoms with Gasteiger partial charge in [-0.25, -0.2) is 18.7 Å². The number of nitrogens with zero attached hydrogens (tertiary/aromatic N) is 2. The Hall–Kier alpha value is -2.08. The molecule has 0 aliphatic rings. The fourth-order valence-corrected chi connectivity index (χ4v) is 2.92. The van der Waals surface area contributed by atoms with Crippen molar-refractivity contribution in [1.82, 2.24) is 9.97 Å². The van der Waals surface area contributed by atoms with Crippen molar-refractivity contribution in [2.75, 3.05) is 5.32 Å². The Labute approximate surface area is 118 Å². The average Bonchev–Trinajstić information content (AvgIpc) is 2.82. The average molecular weight is 291 g/mol. The van der Waals surface area contributed by atoms with Crippen LogP contribution in [0.5, 0.6) is 0 Å². The lowest BCUT2D eigenvalue weighted by molar-refractivity contribution is 0.587. The van der Waals surface area contributed by atoms with E-state index in [1.165, 1.54) is 23.7 Å². The van der Waals surface area contributed by atoms with E-state index in [9.17, 15) is 8.78 Å². The summed E-state index contributed by atoms with van der Waals surface area (Å²) in [6, 6.07) is 3.40. The number of thiophene rings is 1. The van der Waals surface area contributed by atoms with Gasteiger partial charge >= 0.3 is 0 Å². The second kappa shape index (κ2) is 5.13. The largest absolute Gasteiger partial charge is 0.365 e. The molecule has 0 fully saturated rings. The summed E-state index contributed by atoms with van der Waals surface area (Å²) in [5.74, 6) is -0.258. The standard InChI is InChI=1S/C14H11F2N3S/c1-8-6-20-13-12(8)18-7-19-14(13)17-5-9-4-10(15)2-3-11(9)16/h2-4,6-7H,5H2,1H3,(H,17,18,19). The van der Waals surface area contributed by atoms with Crippen molar-refractivity contribution in [3.8, 4) is 0 Å². The van der Waals surface area contributed by atoms with Crippen LogP contribution in [0.15, 0.2) is 29.9 Å². The second-order valence-corrected chi connectivity index (χ2v) is 5.29. The maximum Gasteiger partial charge on any atom is 0.147 e. The molecule has 0 atom stereocenters. The Morgan fingerprint density at radius 3 is 2.95 bits per heavy atom. The van der Waals surface area contributed by atoms with Crippen LogP contribution in [0.4, 0.5) is 14.6 Å². The fraction of sp³-hybridized carbons (Fsp3) is 0.143. The van der Waals surface area contributed by atoms with Crippen LogP contribution in [-0.2, 0) is 6.54 Å². The fourth-order valence-electron chi connectivity index (χ4n) is 1.95. The Bertz CT molecular complexity index is 770. The van der Waals surface area contributed by atoms with E-state index in [1.54, 1.807) is 0 Å². The SMILES string of the molecule is Cc1csc2c(NCc3cc(F)ccc3F)ncnc12. The topological polar surface area (TPSA) is 37.8 Å². The molecule has 0 spiro atoms. The van der Waals surface area contributed by atoms with Gasteiger partial charge < -0.3 is 5.32 Å². The zero-order chi connectivity index (χ0) is 14.1. The van der Waals surface area contributed by atoms with Gasteiger partial charge in [0.05, 0.1) is 10.2 Å². The van der Waals surface area contributed by atoms with Crippen LogP contribution in [0, 0.1) is 18.6 Å². The Morgan fingerprint density at radius 1 is 1.25 bits per heavy atom. The summed E-state index contributed by atoms with van der Waals surface area (Å²) in [6.07, 6.45) is 1.46. The van der Waals surface area contributed by atoms with Gasteiger partial charge in [-0.3, -0.25) is 0 Å². The van der Waals surface area contributed by atoms with E-state index in [2.05, 4.69) is 15.3 Å². The normalized spacial score (nSPS) is 10.9. The first-order valence-electron chi connectivity index (χ1n) is 6.02. The number of hydrogen-bond acceptors (Lipinski definition) is 4. The summed E-state index contributed by atoms with van der Waals surface area (Å²) < 4.78 is 27.6. The van der Waals surface area contributed by atoms with Gasteiger partial charge in [0.1, 0.15) is 23.8 Å². The maximum atomic E-state index is 13.6. The molecule has 6 heteroatoms. The molecule has 20 heavy (non-hydrogen) atoms. The quantitative estimate of drug-likeness (QED) is 0.795. The Balaban J connectivity index is 1.88. The van der Waals surface area contributed by atoms with Crippen molar-refractivity contribution in [3.05, 3.63) is 52.7 Å². The highest BCUT2D eigenvalue weighted by molar-refractivity contribution is 7.18. The van der Waals surface area contributed by atoms with Crippen molar-refractivity contribution in [2.45, 2.75) is 13.5 Å². The van der Waals surface area contributed by atoms with E-state index in [4.69, 9.17) is 0 Å². The van der Waals surface area contributed by atoms with Gasteiger partial charge in [0.25, 0.3) is 0 Å². The number of aryl methyl sites for hydroxylation is 1. The van der Waals surface area contributed by atoms with Crippen LogP contribution in [0.3, 0.4) is 0 Å². The van der Waals surface area contributed by atoms with E-state index in [-0.39, 0.29) is 12.1 Å². The first-order valence-corrected chi connectivity index (χ1v) is 6.89. The van der Waals surface area contributed by atoms with Crippen molar-refractivity contribution >= 4 is 27.4 Å². The number of anilines is 1. The molecule has 3 aromatic rings. The highest BCUT2D eigenvalue weighted by Crippen LogP contribution is 2.28. The lowest BCUT2D eigenvalue weighted by Gasteiger charge is -2.07. The number of nitrogens with one attached hydrogen (secondary N) is 1. The molecule has 0 aliphatic carbocycles. The van der Waals surface area contributed by atoms with Gasteiger partial charge in [-0.1, -0.05) is 0 Å². The summed E-state index contributed by atoms with van der Waals surface area (Å²) >= 11 is 1.53. The van der Waals surface area contributed by atoms with Crippen LogP contribution in [-0.4, -0.2) is 9.97 Å². The summed E-state index contributed by atoms with van der Waals surface area (Å²) in [7, 11) is 0. The van der Waals surface area contributed by atoms with E-state index >= 15 is 0 Å². The predicted molar refractivity (Wildman–Crippen MR) is 75.8 cm³/mol. The first-order chi connectivity index (χ1) is 9.65. The molecule has 0 saturated carbocycles. The number of rotatable bonds is 3. The van der Waals surface area contributed by atoms with Crippen molar-refractivity contribution in [3.63, 3.8) is 0 Å². The zero-order valence-electron chi connectivity index (χ0n) is 10.7. The number of halogens is 2. The predicted octanol–water partition coefficient (Wildman–Crippen LogP) is 3.89. The highest BCUT2D eigenvalue weighted by Gasteiger charge is 2.09. The van der Waals surface area contributed by atoms with Crippen molar-refractivity contribution in [1.29, 1.82) is 0 Å². The molecule has 0 saturated heterocycles. The second-order valence-electron chi connectivity index (χ2n) is 4.41. The van der Waals surface area contributed by atoms with Gasteiger partial charge in [0.15, 0.2) is 0 Å². The smallest absolute Gasteiger partial charge is 0.147 e. The first kappa shape index (κ1) is 12.9. The minimum Gasteiger partial charge on any atom is -0.365 e. The number of benzene rings is 1. The number of aromatic nitrogens is 2. The summed E-state index contributed by atoms with van der Waals surface area (Å²) in [4.78, 5) is 8.37. The zero-order valence-corrected chi connectivity index (χ0v) is 11.5. The van der Waals surface area contributed by atoms with Gasteiger partial charge in [-0.15, -0.1) is 11.3 Å². The molecular weight excluding hydrogens is 280 g/mol. The van der Waals surface area contributed by atoms with Gasteiger partial charge in [0, 0.05) is 12.1 Å². The van der Waals surface area contributed by atoms with Crippen molar-refractivity contribution < 1.29 is 8.78 Å². The Kier molecular flexibility index (Phi) is 3.31. The summed E-state index contributed by atoms with van der Waals surface area (Å²) in [6.45, 7) is 2.15. The van der Waals surface area contributed by atoms with Crippen LogP contribution in [0.25, 0.3) is 10.2 Å². The van der Waals surface area contributed by atoms with Crippen molar-refractivity contribution in [2.24, 2.45) is 0 Å². The highest BCUT2D eigenvalue weighted by atomic mass is 32.1. The molecule has 2 heterocycles. The minimum absolute atomic E-state index is 0.173. The minimum atomic E-state index is -0.456. The summed E-state index contributed by atoms with van der Waals surface area (Å²) in [5.41, 5.74) is 2.23. The third-order valence-corrected chi connectivity index (χ3v) is 4.08. The van der Waals surface area contributed by atoms with E-state index in [0.717, 1.165) is 27.9 Å². The number of hydrogen-bond donors (Lipinski definition) is 1. The Morgan fingerprint density at radius 2 is 2.10 bits per heavy atom. The molecule has 3 nitrogen and oxygen atoms in total. The molecule has 1 N–H and O–H groups in total. The van der Waals surface area contributed by atoms with Crippen LogP contribution < -0.4 is 5.32 Å². The summed E-state index contributed by atoms with van der Waals surface area (Å²) in [5, 5.41) is 5.03. The molecule has 0 unspecified atom stereocenters. The van der Waals surface area contributed by atoms with E-state index < -0.39 is 11.6 Å². The molecule has 0 radical (unpaired) electrons. The molecule has 0 amide bonds. The molecule has 1 aromatic carbocycles. The van der Waals surface area contributed by atoms with E-state index in [1.807, 2.05) is 12.3 Å². The van der Waals surface area contributed by atoms with E-state index in [0.29, 0.717) is 5.82 Å². The van der Waals surface area contributed by atoms with Gasteiger partial charge in [0.2, 0.25) is 0 Å². The molecule has 0 aliphatic heterocycles. The molecule has 3 rings (SSSR count). The number of fused-ring (bicyclic) bond motifs is 1. The van der Waals surface area contributed by atoms with Gasteiger partial charge in [-0.05, 0) is 36.1 Å². The molecular formula is C14H11F2N3S. The maximum absolute atomic E-state index is 13.6. The lowest BCUT2D eigenvalue weighted by atomic mass is 10.2.